The van der Waals surface area contributed by atoms with Gasteiger partial charge in [-0.2, -0.15) is 10.2 Å². The number of anilines is 1. The summed E-state index contributed by atoms with van der Waals surface area (Å²) < 4.78 is 11.4. The van der Waals surface area contributed by atoms with E-state index >= 15 is 0 Å². The monoisotopic (exact) mass is 501 g/mol. The molecule has 2 aromatic carbocycles. The molecule has 0 bridgehead atoms. The number of halogens is 1. The van der Waals surface area contributed by atoms with Crippen LogP contribution in [0.5, 0.6) is 11.5 Å². The summed E-state index contributed by atoms with van der Waals surface area (Å²) in [7, 11) is 3.35. The predicted octanol–water partition coefficient (Wildman–Crippen LogP) is 1.92. The van der Waals surface area contributed by atoms with Gasteiger partial charge in [-0.25, -0.2) is 5.84 Å². The summed E-state index contributed by atoms with van der Waals surface area (Å²) in [4.78, 5) is 5.17. The SMILES string of the molecule is COc1cc(N2CCN3C(CCC[C@@H]3c3ccc(OC/C(N)=[NH+]/N(C)N)c(C)c3C)C2)ccc1Cl. The van der Waals surface area contributed by atoms with Crippen LogP contribution < -0.4 is 31.1 Å². The van der Waals surface area contributed by atoms with E-state index in [1.54, 1.807) is 14.2 Å². The number of rotatable bonds is 7. The molecular formula is C26H38ClN6O2+. The number of piperidine rings is 1. The molecule has 2 aromatic rings. The topological polar surface area (TPSA) is 94.2 Å². The Morgan fingerprint density at radius 2 is 1.94 bits per heavy atom. The second-order valence-electron chi connectivity index (χ2n) is 9.54. The summed E-state index contributed by atoms with van der Waals surface area (Å²) in [6.07, 6.45) is 3.62. The van der Waals surface area contributed by atoms with Crippen LogP contribution in [0.15, 0.2) is 30.3 Å². The quantitative estimate of drug-likeness (QED) is 0.231. The number of hydrogen-bond donors (Lipinski definition) is 3. The minimum atomic E-state index is 0.254. The standard InChI is InChI=1S/C26H37ClN6O2/c1-17-18(2)24(35-16-26(28)30-31(3)29)11-9-21(17)23-7-5-6-20-15-32(12-13-33(20)23)19-8-10-22(27)25(14-19)34-4/h8-11,14,20,23H,5-7,12-13,15-16,29H2,1-4H3,(H2,28,30)/p+1/t20?,23-/m1/s1. The Kier molecular flexibility index (Phi) is 7.94. The first kappa shape index (κ1) is 25.4. The van der Waals surface area contributed by atoms with Crippen LogP contribution in [0.4, 0.5) is 5.69 Å². The van der Waals surface area contributed by atoms with Gasteiger partial charge in [-0.15, -0.1) is 0 Å². The molecule has 9 heteroatoms. The lowest BCUT2D eigenvalue weighted by atomic mass is 9.86. The van der Waals surface area contributed by atoms with Gasteiger partial charge in [0, 0.05) is 43.5 Å². The summed E-state index contributed by atoms with van der Waals surface area (Å²) >= 11 is 6.25. The van der Waals surface area contributed by atoms with E-state index < -0.39 is 0 Å². The summed E-state index contributed by atoms with van der Waals surface area (Å²) in [5.74, 6) is 7.62. The Balaban J connectivity index is 1.48. The molecule has 0 aromatic heterocycles. The van der Waals surface area contributed by atoms with Gasteiger partial charge in [0.15, 0.2) is 6.61 Å². The van der Waals surface area contributed by atoms with Crippen molar-refractivity contribution in [2.24, 2.45) is 11.6 Å². The van der Waals surface area contributed by atoms with Crippen LogP contribution in [0.1, 0.15) is 42.0 Å². The van der Waals surface area contributed by atoms with Crippen LogP contribution in [0.2, 0.25) is 5.02 Å². The zero-order chi connectivity index (χ0) is 25.1. The second-order valence-corrected chi connectivity index (χ2v) is 9.95. The minimum Gasteiger partial charge on any atom is -0.495 e. The van der Waals surface area contributed by atoms with Crippen molar-refractivity contribution in [3.63, 3.8) is 0 Å². The Morgan fingerprint density at radius 3 is 2.69 bits per heavy atom. The molecule has 2 saturated heterocycles. The maximum atomic E-state index is 6.25. The number of fused-ring (bicyclic) bond motifs is 1. The van der Waals surface area contributed by atoms with Gasteiger partial charge in [0.05, 0.1) is 19.2 Å². The number of ether oxygens (including phenoxy) is 2. The van der Waals surface area contributed by atoms with E-state index in [0.29, 0.717) is 22.9 Å². The van der Waals surface area contributed by atoms with E-state index in [0.717, 1.165) is 36.7 Å². The molecule has 0 saturated carbocycles. The van der Waals surface area contributed by atoms with Crippen molar-refractivity contribution in [1.82, 2.24) is 10.0 Å². The molecule has 0 amide bonds. The lowest BCUT2D eigenvalue weighted by molar-refractivity contribution is -0.643. The Morgan fingerprint density at radius 1 is 1.14 bits per heavy atom. The highest BCUT2D eigenvalue weighted by Gasteiger charge is 2.36. The molecule has 1 unspecified atom stereocenters. The van der Waals surface area contributed by atoms with Gasteiger partial charge in [0.1, 0.15) is 11.5 Å². The third-order valence-corrected chi connectivity index (χ3v) is 7.60. The van der Waals surface area contributed by atoms with Crippen LogP contribution in [0.3, 0.4) is 0 Å². The molecule has 5 N–H and O–H groups in total. The van der Waals surface area contributed by atoms with Crippen molar-refractivity contribution in [3.05, 3.63) is 52.0 Å². The lowest BCUT2D eigenvalue weighted by Crippen LogP contribution is -2.87. The number of nitrogens with two attached hydrogens (primary N) is 2. The van der Waals surface area contributed by atoms with Crippen LogP contribution in [-0.2, 0) is 0 Å². The van der Waals surface area contributed by atoms with Gasteiger partial charge < -0.3 is 14.4 Å². The minimum absolute atomic E-state index is 0.254. The highest BCUT2D eigenvalue weighted by molar-refractivity contribution is 6.32. The summed E-state index contributed by atoms with van der Waals surface area (Å²) in [6.45, 7) is 7.60. The predicted molar refractivity (Wildman–Crippen MR) is 141 cm³/mol. The smallest absolute Gasteiger partial charge is 0.303 e. The van der Waals surface area contributed by atoms with E-state index in [4.69, 9.17) is 32.7 Å². The van der Waals surface area contributed by atoms with Crippen molar-refractivity contribution < 1.29 is 14.6 Å². The Hall–Kier alpha value is -2.68. The molecule has 2 aliphatic heterocycles. The zero-order valence-corrected chi connectivity index (χ0v) is 21.9. The zero-order valence-electron chi connectivity index (χ0n) is 21.2. The van der Waals surface area contributed by atoms with Gasteiger partial charge in [0.2, 0.25) is 0 Å². The maximum absolute atomic E-state index is 6.25. The first-order valence-corrected chi connectivity index (χ1v) is 12.6. The van der Waals surface area contributed by atoms with Gasteiger partial charge in [0.25, 0.3) is 0 Å². The Bertz CT molecular complexity index is 1080. The average molecular weight is 502 g/mol. The van der Waals surface area contributed by atoms with Gasteiger partial charge in [-0.05, 0) is 68.0 Å². The fourth-order valence-electron chi connectivity index (χ4n) is 5.41. The van der Waals surface area contributed by atoms with Crippen LogP contribution in [-0.4, -0.2) is 62.3 Å². The average Bonchev–Trinajstić information content (AvgIpc) is 2.84. The number of nitrogens with one attached hydrogen (secondary N) is 1. The van der Waals surface area contributed by atoms with E-state index in [1.807, 2.05) is 6.07 Å². The number of piperazine rings is 1. The van der Waals surface area contributed by atoms with Crippen molar-refractivity contribution in [2.45, 2.75) is 45.2 Å². The summed E-state index contributed by atoms with van der Waals surface area (Å²) in [5, 5.41) is 4.78. The van der Waals surface area contributed by atoms with Crippen molar-refractivity contribution in [3.8, 4) is 11.5 Å². The third kappa shape index (κ3) is 5.60. The Labute approximate surface area is 213 Å². The van der Waals surface area contributed by atoms with E-state index in [-0.39, 0.29) is 6.61 Å². The molecule has 4 rings (SSSR count). The highest BCUT2D eigenvalue weighted by atomic mass is 35.5. The van der Waals surface area contributed by atoms with Gasteiger partial charge >= 0.3 is 5.84 Å². The van der Waals surface area contributed by atoms with Crippen molar-refractivity contribution >= 4 is 23.1 Å². The number of methoxy groups -OCH3 is 1. The number of benzene rings is 2. The fourth-order valence-corrected chi connectivity index (χ4v) is 5.61. The highest BCUT2D eigenvalue weighted by Crippen LogP contribution is 2.40. The number of hydrazine groups is 2. The van der Waals surface area contributed by atoms with E-state index in [2.05, 4.69) is 53.0 Å². The molecular weight excluding hydrogens is 464 g/mol. The second kappa shape index (κ2) is 10.9. The molecule has 0 spiro atoms. The van der Waals surface area contributed by atoms with Crippen LogP contribution in [0.25, 0.3) is 0 Å². The van der Waals surface area contributed by atoms with Gasteiger partial charge in [-0.3, -0.25) is 10.6 Å². The maximum Gasteiger partial charge on any atom is 0.303 e. The molecule has 35 heavy (non-hydrogen) atoms. The summed E-state index contributed by atoms with van der Waals surface area (Å²) in [5.41, 5.74) is 11.0. The molecule has 0 aliphatic carbocycles. The molecule has 0 radical (unpaired) electrons. The largest absolute Gasteiger partial charge is 0.495 e. The number of nitrogens with zero attached hydrogens (tertiary/aromatic N) is 3. The molecule has 2 atom stereocenters. The van der Waals surface area contributed by atoms with Gasteiger partial charge in [-0.1, -0.05) is 17.7 Å². The molecule has 2 aliphatic rings. The molecule has 2 fully saturated rings. The molecule has 2 heterocycles. The number of amidine groups is 1. The third-order valence-electron chi connectivity index (χ3n) is 7.28. The summed E-state index contributed by atoms with van der Waals surface area (Å²) in [6, 6.07) is 11.3. The lowest BCUT2D eigenvalue weighted by Gasteiger charge is -2.49. The molecule has 190 valence electrons. The van der Waals surface area contributed by atoms with Crippen molar-refractivity contribution in [1.29, 1.82) is 0 Å². The van der Waals surface area contributed by atoms with Crippen molar-refractivity contribution in [2.75, 3.05) is 45.3 Å². The number of hydrazone groups is 1. The fraction of sp³-hybridized carbons (Fsp3) is 0.500. The van der Waals surface area contributed by atoms with Crippen LogP contribution >= 0.6 is 11.6 Å². The van der Waals surface area contributed by atoms with E-state index in [9.17, 15) is 0 Å². The first-order chi connectivity index (χ1) is 16.8. The van der Waals surface area contributed by atoms with Crippen LogP contribution in [0, 0.1) is 13.8 Å². The first-order valence-electron chi connectivity index (χ1n) is 12.2. The number of hydrogen-bond acceptors (Lipinski definition) is 6. The van der Waals surface area contributed by atoms with E-state index in [1.165, 1.54) is 41.2 Å². The normalized spacial score (nSPS) is 21.0. The molecule has 8 nitrogen and oxygen atoms in total.